The predicted molar refractivity (Wildman–Crippen MR) is 148 cm³/mol. The van der Waals surface area contributed by atoms with Gasteiger partial charge in [-0.25, -0.2) is 19.2 Å². The minimum Gasteiger partial charge on any atom is -0.478 e. The Kier molecular flexibility index (Phi) is 15.2. The molecule has 1 aliphatic rings. The van der Waals surface area contributed by atoms with Crippen LogP contribution in [-0.4, -0.2) is 87.3 Å². The van der Waals surface area contributed by atoms with Gasteiger partial charge in [0, 0.05) is 71.8 Å². The number of likely N-dealkylation sites (N-methyl/N-ethyl adjacent to an activating group) is 1. The van der Waals surface area contributed by atoms with E-state index in [0.29, 0.717) is 24.3 Å². The van der Waals surface area contributed by atoms with Gasteiger partial charge in [-0.1, -0.05) is 41.6 Å². The maximum atomic E-state index is 9.55. The summed E-state index contributed by atoms with van der Waals surface area (Å²) in [5.41, 5.74) is 2.65. The fraction of sp³-hybridized carbons (Fsp3) is 0.259. The van der Waals surface area contributed by atoms with Crippen molar-refractivity contribution in [2.75, 3.05) is 33.2 Å². The molecule has 0 aromatic heterocycles. The molecule has 0 amide bonds. The Labute approximate surface area is 235 Å². The molecule has 4 N–H and O–H groups in total. The van der Waals surface area contributed by atoms with E-state index in [-0.39, 0.29) is 0 Å². The number of piperazine rings is 1. The SMILES string of the molecule is Cc1ccccc1Sc1ccc(Cl)cc1CN1CCN(C)CC1.O=C(O)/C=C\C(=O)O.O=C(O)/C=C\C(=O)O. The Hall–Kier alpha value is -3.64. The van der Waals surface area contributed by atoms with Crippen LogP contribution in [0.5, 0.6) is 0 Å². The van der Waals surface area contributed by atoms with Crippen LogP contribution >= 0.6 is 23.4 Å². The summed E-state index contributed by atoms with van der Waals surface area (Å²) in [6.45, 7) is 7.66. The number of rotatable bonds is 8. The van der Waals surface area contributed by atoms with Gasteiger partial charge in [0.15, 0.2) is 0 Å². The fourth-order valence-electron chi connectivity index (χ4n) is 3.09. The Bertz CT molecular complexity index is 1130. The summed E-state index contributed by atoms with van der Waals surface area (Å²) < 4.78 is 0. The highest BCUT2D eigenvalue weighted by Gasteiger charge is 2.16. The summed E-state index contributed by atoms with van der Waals surface area (Å²) in [4.78, 5) is 45.7. The number of benzene rings is 2. The first-order valence-electron chi connectivity index (χ1n) is 11.6. The molecular weight excluding hydrogens is 548 g/mol. The Morgan fingerprint density at radius 2 is 1.28 bits per heavy atom. The van der Waals surface area contributed by atoms with Gasteiger partial charge in [0.1, 0.15) is 0 Å². The number of nitrogens with zero attached hydrogens (tertiary/aromatic N) is 2. The maximum absolute atomic E-state index is 9.55. The van der Waals surface area contributed by atoms with Gasteiger partial charge in [0.2, 0.25) is 0 Å². The lowest BCUT2D eigenvalue weighted by Gasteiger charge is -2.32. The molecule has 1 heterocycles. The van der Waals surface area contributed by atoms with E-state index in [2.05, 4.69) is 60.2 Å². The standard InChI is InChI=1S/C19H23ClN2S.2C4H4O4/c1-15-5-3-4-6-18(15)23-19-8-7-17(20)13-16(19)14-22-11-9-21(2)10-12-22;2*5-3(6)1-2-4(7)8/h3-8,13H,9-12,14H2,1-2H3;2*1-2H,(H,5,6)(H,7,8)/b;2*2-1-. The van der Waals surface area contributed by atoms with Gasteiger partial charge in [0.05, 0.1) is 0 Å². The van der Waals surface area contributed by atoms with Crippen LogP contribution in [0.4, 0.5) is 0 Å². The van der Waals surface area contributed by atoms with Gasteiger partial charge in [-0.15, -0.1) is 0 Å². The summed E-state index contributed by atoms with van der Waals surface area (Å²) in [5.74, 6) is -5.03. The van der Waals surface area contributed by atoms with Gasteiger partial charge in [0.25, 0.3) is 0 Å². The minimum atomic E-state index is -1.26. The molecule has 12 heteroatoms. The van der Waals surface area contributed by atoms with Crippen LogP contribution in [-0.2, 0) is 25.7 Å². The fourth-order valence-corrected chi connectivity index (χ4v) is 4.29. The van der Waals surface area contributed by atoms with Crippen molar-refractivity contribution in [2.45, 2.75) is 23.3 Å². The third-order valence-electron chi connectivity index (χ3n) is 5.06. The van der Waals surface area contributed by atoms with Crippen molar-refractivity contribution in [3.05, 3.63) is 82.9 Å². The first kappa shape index (κ1) is 33.4. The van der Waals surface area contributed by atoms with Gasteiger partial charge in [-0.2, -0.15) is 0 Å². The molecule has 2 aromatic carbocycles. The van der Waals surface area contributed by atoms with Crippen molar-refractivity contribution in [1.82, 2.24) is 9.80 Å². The number of carbonyl (C=O) groups is 4. The van der Waals surface area contributed by atoms with Crippen LogP contribution in [0.2, 0.25) is 5.02 Å². The Morgan fingerprint density at radius 3 is 1.74 bits per heavy atom. The average molecular weight is 579 g/mol. The number of halogens is 1. The van der Waals surface area contributed by atoms with Crippen LogP contribution in [0.3, 0.4) is 0 Å². The molecule has 0 spiro atoms. The Balaban J connectivity index is 0.000000393. The van der Waals surface area contributed by atoms with Crippen LogP contribution in [0.15, 0.2) is 76.6 Å². The van der Waals surface area contributed by atoms with E-state index in [1.807, 2.05) is 17.8 Å². The second kappa shape index (κ2) is 17.8. The first-order chi connectivity index (χ1) is 18.4. The molecule has 0 unspecified atom stereocenters. The quantitative estimate of drug-likeness (QED) is 0.336. The third kappa shape index (κ3) is 15.4. The molecule has 39 heavy (non-hydrogen) atoms. The molecule has 0 saturated carbocycles. The molecule has 210 valence electrons. The lowest BCUT2D eigenvalue weighted by molar-refractivity contribution is -0.134. The van der Waals surface area contributed by atoms with Crippen LogP contribution in [0, 0.1) is 6.92 Å². The van der Waals surface area contributed by atoms with Crippen molar-refractivity contribution in [3.63, 3.8) is 0 Å². The normalized spacial score (nSPS) is 13.7. The van der Waals surface area contributed by atoms with Crippen molar-refractivity contribution >= 4 is 47.2 Å². The van der Waals surface area contributed by atoms with Crippen LogP contribution in [0.1, 0.15) is 11.1 Å². The number of carboxylic acids is 4. The first-order valence-corrected chi connectivity index (χ1v) is 12.8. The second-order valence-electron chi connectivity index (χ2n) is 8.22. The summed E-state index contributed by atoms with van der Waals surface area (Å²) >= 11 is 8.10. The predicted octanol–water partition coefficient (Wildman–Crippen LogP) is 3.97. The Morgan fingerprint density at radius 1 is 0.795 bits per heavy atom. The van der Waals surface area contributed by atoms with E-state index in [9.17, 15) is 19.2 Å². The topological polar surface area (TPSA) is 156 Å². The van der Waals surface area contributed by atoms with Gasteiger partial charge in [-0.05, 0) is 49.4 Å². The van der Waals surface area contributed by atoms with E-state index in [0.717, 1.165) is 37.7 Å². The summed E-state index contributed by atoms with van der Waals surface area (Å²) in [6.07, 6.45) is 2.23. The molecule has 2 aromatic rings. The molecule has 1 fully saturated rings. The summed E-state index contributed by atoms with van der Waals surface area (Å²) in [7, 11) is 2.19. The van der Waals surface area contributed by atoms with Crippen molar-refractivity contribution in [3.8, 4) is 0 Å². The van der Waals surface area contributed by atoms with Crippen molar-refractivity contribution < 1.29 is 39.6 Å². The molecule has 3 rings (SSSR count). The van der Waals surface area contributed by atoms with E-state index >= 15 is 0 Å². The van der Waals surface area contributed by atoms with E-state index in [1.54, 1.807) is 0 Å². The van der Waals surface area contributed by atoms with Gasteiger partial charge >= 0.3 is 23.9 Å². The number of hydrogen-bond acceptors (Lipinski definition) is 7. The molecule has 1 saturated heterocycles. The number of carboxylic acid groups (broad SMARTS) is 4. The van der Waals surface area contributed by atoms with Gasteiger partial charge in [-0.3, -0.25) is 4.90 Å². The molecule has 10 nitrogen and oxygen atoms in total. The summed E-state index contributed by atoms with van der Waals surface area (Å²) in [6, 6.07) is 14.8. The van der Waals surface area contributed by atoms with Crippen molar-refractivity contribution in [1.29, 1.82) is 0 Å². The zero-order chi connectivity index (χ0) is 29.4. The largest absolute Gasteiger partial charge is 0.478 e. The number of aliphatic carboxylic acids is 4. The zero-order valence-electron chi connectivity index (χ0n) is 21.5. The second-order valence-corrected chi connectivity index (χ2v) is 9.74. The third-order valence-corrected chi connectivity index (χ3v) is 6.59. The zero-order valence-corrected chi connectivity index (χ0v) is 23.1. The lowest BCUT2D eigenvalue weighted by Crippen LogP contribution is -2.43. The monoisotopic (exact) mass is 578 g/mol. The lowest BCUT2D eigenvalue weighted by atomic mass is 10.2. The van der Waals surface area contributed by atoms with Crippen LogP contribution < -0.4 is 0 Å². The van der Waals surface area contributed by atoms with E-state index < -0.39 is 23.9 Å². The van der Waals surface area contributed by atoms with Gasteiger partial charge < -0.3 is 25.3 Å². The average Bonchev–Trinajstić information content (AvgIpc) is 2.86. The minimum absolute atomic E-state index is 0.558. The summed E-state index contributed by atoms with van der Waals surface area (Å²) in [5, 5.41) is 32.1. The molecule has 0 atom stereocenters. The van der Waals surface area contributed by atoms with E-state index in [4.69, 9.17) is 32.0 Å². The smallest absolute Gasteiger partial charge is 0.328 e. The van der Waals surface area contributed by atoms with Crippen LogP contribution in [0.25, 0.3) is 0 Å². The number of aryl methyl sites for hydroxylation is 1. The molecule has 0 bridgehead atoms. The molecule has 0 aliphatic carbocycles. The van der Waals surface area contributed by atoms with E-state index in [1.165, 1.54) is 20.9 Å². The number of hydrogen-bond donors (Lipinski definition) is 4. The molecule has 1 aliphatic heterocycles. The maximum Gasteiger partial charge on any atom is 0.328 e. The molecule has 0 radical (unpaired) electrons. The molecular formula is C27H31ClN2O8S. The van der Waals surface area contributed by atoms with Crippen molar-refractivity contribution in [2.24, 2.45) is 0 Å². The highest BCUT2D eigenvalue weighted by molar-refractivity contribution is 7.99. The highest BCUT2D eigenvalue weighted by atomic mass is 35.5. The highest BCUT2D eigenvalue weighted by Crippen LogP contribution is 2.34.